The Labute approximate surface area is 132 Å². The average molecular weight is 348 g/mol. The lowest BCUT2D eigenvalue weighted by molar-refractivity contribution is -0.529. The molecular formula is C12H12O12. The number of esters is 2. The quantitative estimate of drug-likeness (QED) is 0.309. The van der Waals surface area contributed by atoms with Crippen molar-refractivity contribution >= 4 is 11.9 Å². The molecule has 5 rings (SSSR count). The third-order valence-corrected chi connectivity index (χ3v) is 4.95. The molecule has 5 aliphatic rings. The van der Waals surface area contributed by atoms with E-state index in [-0.39, 0.29) is 13.2 Å². The minimum absolute atomic E-state index is 0.389. The van der Waals surface area contributed by atoms with E-state index in [4.69, 9.17) is 28.4 Å². The van der Waals surface area contributed by atoms with Crippen molar-refractivity contribution < 1.29 is 58.4 Å². The number of carbonyl (C=O) groups excluding carboxylic acids is 2. The fourth-order valence-electron chi connectivity index (χ4n) is 3.81. The van der Waals surface area contributed by atoms with Crippen LogP contribution in [0.1, 0.15) is 0 Å². The van der Waals surface area contributed by atoms with Gasteiger partial charge in [-0.2, -0.15) is 0 Å². The molecule has 132 valence electrons. The largest absolute Gasteiger partial charge is 0.449 e. The predicted molar refractivity (Wildman–Crippen MR) is 61.2 cm³/mol. The van der Waals surface area contributed by atoms with Gasteiger partial charge >= 0.3 is 23.5 Å². The van der Waals surface area contributed by atoms with Gasteiger partial charge < -0.3 is 39.4 Å². The van der Waals surface area contributed by atoms with Crippen LogP contribution in [-0.2, 0) is 38.0 Å². The van der Waals surface area contributed by atoms with E-state index >= 15 is 0 Å². The summed E-state index contributed by atoms with van der Waals surface area (Å²) in [6.45, 7) is -0.777. The van der Waals surface area contributed by atoms with Crippen LogP contribution in [0.4, 0.5) is 0 Å². The monoisotopic (exact) mass is 348 g/mol. The second-order valence-corrected chi connectivity index (χ2v) is 6.24. The molecule has 5 aliphatic heterocycles. The predicted octanol–water partition coefficient (Wildman–Crippen LogP) is -4.56. The fraction of sp³-hybridized carbons (Fsp3) is 0.833. The molecule has 5 heterocycles. The third-order valence-electron chi connectivity index (χ3n) is 4.95. The van der Waals surface area contributed by atoms with Gasteiger partial charge in [0.05, 0.1) is 13.2 Å². The molecule has 5 saturated heterocycles. The second kappa shape index (κ2) is 3.89. The Morgan fingerprint density at radius 3 is 1.62 bits per heavy atom. The number of aliphatic hydroxyl groups is 4. The van der Waals surface area contributed by atoms with E-state index in [1.165, 1.54) is 0 Å². The zero-order chi connectivity index (χ0) is 17.1. The van der Waals surface area contributed by atoms with Gasteiger partial charge in [-0.1, -0.05) is 0 Å². The Kier molecular flexibility index (Phi) is 2.42. The van der Waals surface area contributed by atoms with E-state index in [0.717, 1.165) is 0 Å². The molecule has 24 heavy (non-hydrogen) atoms. The van der Waals surface area contributed by atoms with Gasteiger partial charge in [0.25, 0.3) is 11.6 Å². The maximum atomic E-state index is 12.1. The summed E-state index contributed by atoms with van der Waals surface area (Å²) in [4.78, 5) is 24.1. The molecule has 0 saturated carbocycles. The van der Waals surface area contributed by atoms with Crippen molar-refractivity contribution in [2.45, 2.75) is 47.6 Å². The van der Waals surface area contributed by atoms with Crippen molar-refractivity contribution in [1.82, 2.24) is 0 Å². The van der Waals surface area contributed by atoms with Gasteiger partial charge in [-0.25, -0.2) is 9.59 Å². The van der Waals surface area contributed by atoms with E-state index in [2.05, 4.69) is 0 Å². The molecule has 0 aromatic carbocycles. The molecule has 0 aromatic rings. The first-order chi connectivity index (χ1) is 11.2. The maximum absolute atomic E-state index is 12.1. The Balaban J connectivity index is 1.70. The van der Waals surface area contributed by atoms with Crippen molar-refractivity contribution in [3.63, 3.8) is 0 Å². The number of aliphatic hydroxyl groups excluding tert-OH is 2. The highest BCUT2D eigenvalue weighted by molar-refractivity contribution is 5.87. The lowest BCUT2D eigenvalue weighted by Crippen LogP contribution is -2.78. The first kappa shape index (κ1) is 14.9. The summed E-state index contributed by atoms with van der Waals surface area (Å²) in [6, 6.07) is 0. The van der Waals surface area contributed by atoms with E-state index in [9.17, 15) is 30.0 Å². The van der Waals surface area contributed by atoms with Crippen molar-refractivity contribution in [3.8, 4) is 0 Å². The Morgan fingerprint density at radius 2 is 1.21 bits per heavy atom. The van der Waals surface area contributed by atoms with Crippen LogP contribution in [0, 0.1) is 0 Å². The molecule has 5 fully saturated rings. The molecule has 0 amide bonds. The van der Waals surface area contributed by atoms with Crippen molar-refractivity contribution in [2.24, 2.45) is 0 Å². The highest BCUT2D eigenvalue weighted by Gasteiger charge is 2.91. The van der Waals surface area contributed by atoms with Crippen LogP contribution in [0.25, 0.3) is 0 Å². The van der Waals surface area contributed by atoms with E-state index in [1.54, 1.807) is 0 Å². The Bertz CT molecular complexity index is 612. The number of ether oxygens (including phenoxy) is 6. The topological polar surface area (TPSA) is 170 Å². The van der Waals surface area contributed by atoms with E-state index < -0.39 is 59.5 Å². The minimum Gasteiger partial charge on any atom is -0.449 e. The van der Waals surface area contributed by atoms with Crippen LogP contribution < -0.4 is 0 Å². The summed E-state index contributed by atoms with van der Waals surface area (Å²) < 4.78 is 30.8. The first-order valence-corrected chi connectivity index (χ1v) is 7.11. The van der Waals surface area contributed by atoms with Crippen molar-refractivity contribution in [2.75, 3.05) is 13.2 Å². The lowest BCUT2D eigenvalue weighted by Gasteiger charge is -2.50. The standard InChI is InChI=1S/C12H12O12/c13-3-1-19-11-5(3)21-7(15)9(11,17)23-10(18)8(16)22-6-4(14)2-20-12(6,10)24-11/h3-6,13-14,17-18H,1-2H2. The van der Waals surface area contributed by atoms with Gasteiger partial charge in [0.1, 0.15) is 12.2 Å². The van der Waals surface area contributed by atoms with Crippen LogP contribution in [0.5, 0.6) is 0 Å². The van der Waals surface area contributed by atoms with Gasteiger partial charge in [0.2, 0.25) is 0 Å². The molecule has 4 N–H and O–H groups in total. The number of carbonyl (C=O) groups is 2. The molecule has 0 radical (unpaired) electrons. The highest BCUT2D eigenvalue weighted by Crippen LogP contribution is 2.60. The summed E-state index contributed by atoms with van der Waals surface area (Å²) in [6.07, 6.45) is -5.74. The molecule has 12 heteroatoms. The molecule has 0 aliphatic carbocycles. The molecule has 2 spiro atoms. The smallest absolute Gasteiger partial charge is 0.373 e. The highest BCUT2D eigenvalue weighted by atomic mass is 16.9. The SMILES string of the molecule is O=C1OC2C(O)COC23OC24OCC(O)C2OC(=O)C4(O)OC13O. The van der Waals surface area contributed by atoms with Crippen LogP contribution in [0.3, 0.4) is 0 Å². The number of hydrogen-bond acceptors (Lipinski definition) is 12. The average Bonchev–Trinajstić information content (AvgIpc) is 3.13. The minimum atomic E-state index is -3.06. The van der Waals surface area contributed by atoms with Gasteiger partial charge in [-0.05, 0) is 0 Å². The fourth-order valence-corrected chi connectivity index (χ4v) is 3.81. The zero-order valence-electron chi connectivity index (χ0n) is 11.8. The second-order valence-electron chi connectivity index (χ2n) is 6.24. The van der Waals surface area contributed by atoms with E-state index in [0.29, 0.717) is 0 Å². The number of rotatable bonds is 0. The first-order valence-electron chi connectivity index (χ1n) is 7.11. The van der Waals surface area contributed by atoms with Gasteiger partial charge in [0, 0.05) is 0 Å². The Morgan fingerprint density at radius 1 is 0.792 bits per heavy atom. The summed E-state index contributed by atoms with van der Waals surface area (Å²) in [7, 11) is 0. The van der Waals surface area contributed by atoms with Gasteiger partial charge in [0.15, 0.2) is 12.2 Å². The van der Waals surface area contributed by atoms with Gasteiger partial charge in [-0.3, -0.25) is 9.47 Å². The molecular weight excluding hydrogens is 336 g/mol. The summed E-state index contributed by atoms with van der Waals surface area (Å²) in [5, 5.41) is 41.1. The van der Waals surface area contributed by atoms with Crippen LogP contribution in [-0.4, -0.2) is 93.1 Å². The molecule has 8 unspecified atom stereocenters. The molecule has 8 atom stereocenters. The van der Waals surface area contributed by atoms with Crippen LogP contribution >= 0.6 is 0 Å². The third kappa shape index (κ3) is 1.22. The normalized spacial score (nSPS) is 61.0. The summed E-state index contributed by atoms with van der Waals surface area (Å²) >= 11 is 0. The van der Waals surface area contributed by atoms with Crippen LogP contribution in [0.2, 0.25) is 0 Å². The van der Waals surface area contributed by atoms with E-state index in [1.807, 2.05) is 0 Å². The molecule has 0 bridgehead atoms. The van der Waals surface area contributed by atoms with Gasteiger partial charge in [-0.15, -0.1) is 0 Å². The Hall–Kier alpha value is -1.38. The zero-order valence-corrected chi connectivity index (χ0v) is 11.8. The van der Waals surface area contributed by atoms with Crippen LogP contribution in [0.15, 0.2) is 0 Å². The summed E-state index contributed by atoms with van der Waals surface area (Å²) in [5.41, 5.74) is 0. The summed E-state index contributed by atoms with van der Waals surface area (Å²) in [5.74, 6) is -13.8. The number of hydrogen-bond donors (Lipinski definition) is 4. The molecule has 0 aromatic heterocycles. The maximum Gasteiger partial charge on any atom is 0.373 e. The molecule has 12 nitrogen and oxygen atoms in total. The van der Waals surface area contributed by atoms with Crippen molar-refractivity contribution in [3.05, 3.63) is 0 Å². The lowest BCUT2D eigenvalue weighted by atomic mass is 9.93. The van der Waals surface area contributed by atoms with Crippen molar-refractivity contribution in [1.29, 1.82) is 0 Å².